The van der Waals surface area contributed by atoms with E-state index in [0.29, 0.717) is 12.3 Å². The third-order valence-corrected chi connectivity index (χ3v) is 2.85. The van der Waals surface area contributed by atoms with Crippen molar-refractivity contribution in [3.05, 3.63) is 18.0 Å². The summed E-state index contributed by atoms with van der Waals surface area (Å²) in [4.78, 5) is 10.4. The first-order chi connectivity index (χ1) is 7.16. The number of aromatic nitrogens is 2. The lowest BCUT2D eigenvalue weighted by Gasteiger charge is -2.10. The largest absolute Gasteiger partial charge is 0.481 e. The number of rotatable bonds is 5. The van der Waals surface area contributed by atoms with Gasteiger partial charge in [-0.25, -0.2) is 0 Å². The highest BCUT2D eigenvalue weighted by Gasteiger charge is 2.26. The minimum Gasteiger partial charge on any atom is -0.481 e. The summed E-state index contributed by atoms with van der Waals surface area (Å²) in [5.41, 5.74) is 1.16. The molecule has 2 rings (SSSR count). The molecule has 1 saturated carbocycles. The van der Waals surface area contributed by atoms with E-state index in [9.17, 15) is 4.79 Å². The predicted molar refractivity (Wildman–Crippen MR) is 55.8 cm³/mol. The second-order valence-corrected chi connectivity index (χ2v) is 4.28. The Balaban J connectivity index is 1.92. The summed E-state index contributed by atoms with van der Waals surface area (Å²) in [6, 6.07) is 2.23. The molecule has 0 aliphatic heterocycles. The zero-order valence-corrected chi connectivity index (χ0v) is 8.89. The molecule has 0 bridgehead atoms. The van der Waals surface area contributed by atoms with Crippen molar-refractivity contribution >= 4 is 5.97 Å². The number of carboxylic acid groups (broad SMARTS) is 1. The standard InChI is InChI=1S/C11H16N2O2/c1-8(2-5-11(14)15)13-7-6-10(12-13)9-3-4-9/h6-9H,2-5H2,1H3,(H,14,15). The van der Waals surface area contributed by atoms with Crippen LogP contribution in [0, 0.1) is 0 Å². The molecule has 1 fully saturated rings. The van der Waals surface area contributed by atoms with E-state index in [1.807, 2.05) is 17.8 Å². The van der Waals surface area contributed by atoms with Crippen LogP contribution in [-0.4, -0.2) is 20.9 Å². The number of nitrogens with zero attached hydrogens (tertiary/aromatic N) is 2. The number of carboxylic acids is 1. The molecule has 1 aliphatic carbocycles. The Morgan fingerprint density at radius 1 is 1.73 bits per heavy atom. The molecule has 0 saturated heterocycles. The summed E-state index contributed by atoms with van der Waals surface area (Å²) in [5.74, 6) is -0.0747. The van der Waals surface area contributed by atoms with Crippen molar-refractivity contribution in [2.45, 2.75) is 44.6 Å². The molecule has 1 atom stereocenters. The monoisotopic (exact) mass is 208 g/mol. The quantitative estimate of drug-likeness (QED) is 0.806. The fraction of sp³-hybridized carbons (Fsp3) is 0.636. The summed E-state index contributed by atoms with van der Waals surface area (Å²) < 4.78 is 1.89. The van der Waals surface area contributed by atoms with Crippen molar-refractivity contribution in [1.29, 1.82) is 0 Å². The Morgan fingerprint density at radius 3 is 3.07 bits per heavy atom. The van der Waals surface area contributed by atoms with Gasteiger partial charge in [0.05, 0.1) is 5.69 Å². The highest BCUT2D eigenvalue weighted by atomic mass is 16.4. The third kappa shape index (κ3) is 2.58. The van der Waals surface area contributed by atoms with Crippen LogP contribution >= 0.6 is 0 Å². The Labute approximate surface area is 88.9 Å². The molecule has 4 nitrogen and oxygen atoms in total. The van der Waals surface area contributed by atoms with Crippen LogP contribution in [0.3, 0.4) is 0 Å². The highest BCUT2D eigenvalue weighted by Crippen LogP contribution is 2.39. The molecule has 1 unspecified atom stereocenters. The summed E-state index contributed by atoms with van der Waals surface area (Å²) in [7, 11) is 0. The number of carbonyl (C=O) groups is 1. The van der Waals surface area contributed by atoms with Gasteiger partial charge in [0.15, 0.2) is 0 Å². The van der Waals surface area contributed by atoms with Crippen LogP contribution in [-0.2, 0) is 4.79 Å². The lowest BCUT2D eigenvalue weighted by atomic mass is 10.2. The van der Waals surface area contributed by atoms with Crippen LogP contribution in [0.4, 0.5) is 0 Å². The first-order valence-electron chi connectivity index (χ1n) is 5.43. The van der Waals surface area contributed by atoms with Gasteiger partial charge >= 0.3 is 5.97 Å². The SMILES string of the molecule is CC(CCC(=O)O)n1ccc(C2CC2)n1. The fourth-order valence-electron chi connectivity index (χ4n) is 1.66. The maximum Gasteiger partial charge on any atom is 0.303 e. The van der Waals surface area contributed by atoms with E-state index in [1.165, 1.54) is 12.8 Å². The second kappa shape index (κ2) is 4.04. The van der Waals surface area contributed by atoms with Gasteiger partial charge in [0, 0.05) is 24.6 Å². The first kappa shape index (κ1) is 10.2. The van der Waals surface area contributed by atoms with E-state index >= 15 is 0 Å². The van der Waals surface area contributed by atoms with E-state index in [2.05, 4.69) is 11.2 Å². The van der Waals surface area contributed by atoms with E-state index in [-0.39, 0.29) is 12.5 Å². The fourth-order valence-corrected chi connectivity index (χ4v) is 1.66. The number of hydrogen-bond acceptors (Lipinski definition) is 2. The van der Waals surface area contributed by atoms with E-state index in [0.717, 1.165) is 5.69 Å². The van der Waals surface area contributed by atoms with Crippen molar-refractivity contribution < 1.29 is 9.90 Å². The normalized spacial score (nSPS) is 17.7. The van der Waals surface area contributed by atoms with Gasteiger partial charge < -0.3 is 5.11 Å². The zero-order chi connectivity index (χ0) is 10.8. The van der Waals surface area contributed by atoms with Crippen LogP contribution in [0.5, 0.6) is 0 Å². The van der Waals surface area contributed by atoms with Gasteiger partial charge in [-0.1, -0.05) is 0 Å². The van der Waals surface area contributed by atoms with Crippen molar-refractivity contribution in [2.24, 2.45) is 0 Å². The van der Waals surface area contributed by atoms with Crippen molar-refractivity contribution in [3.63, 3.8) is 0 Å². The van der Waals surface area contributed by atoms with Gasteiger partial charge in [0.1, 0.15) is 0 Å². The summed E-state index contributed by atoms with van der Waals surface area (Å²) in [5, 5.41) is 13.1. The minimum atomic E-state index is -0.739. The molecule has 1 N–H and O–H groups in total. The van der Waals surface area contributed by atoms with Crippen LogP contribution in [0.1, 0.15) is 50.3 Å². The topological polar surface area (TPSA) is 55.1 Å². The molecular weight excluding hydrogens is 192 g/mol. The second-order valence-electron chi connectivity index (χ2n) is 4.28. The van der Waals surface area contributed by atoms with Gasteiger partial charge in [-0.15, -0.1) is 0 Å². The lowest BCUT2D eigenvalue weighted by Crippen LogP contribution is -2.08. The van der Waals surface area contributed by atoms with Gasteiger partial charge in [0.2, 0.25) is 0 Å². The molecule has 15 heavy (non-hydrogen) atoms. The number of aliphatic carboxylic acids is 1. The van der Waals surface area contributed by atoms with Crippen LogP contribution in [0.15, 0.2) is 12.3 Å². The van der Waals surface area contributed by atoms with Gasteiger partial charge in [0.25, 0.3) is 0 Å². The van der Waals surface area contributed by atoms with Crippen molar-refractivity contribution in [1.82, 2.24) is 9.78 Å². The molecule has 4 heteroatoms. The van der Waals surface area contributed by atoms with Gasteiger partial charge in [-0.05, 0) is 32.3 Å². The number of hydrogen-bond donors (Lipinski definition) is 1. The van der Waals surface area contributed by atoms with Crippen LogP contribution in [0.25, 0.3) is 0 Å². The smallest absolute Gasteiger partial charge is 0.303 e. The van der Waals surface area contributed by atoms with E-state index in [4.69, 9.17) is 5.11 Å². The molecule has 82 valence electrons. The molecular formula is C11H16N2O2. The van der Waals surface area contributed by atoms with Gasteiger partial charge in [-0.2, -0.15) is 5.10 Å². The molecule has 1 aliphatic rings. The third-order valence-electron chi connectivity index (χ3n) is 2.85. The molecule has 1 aromatic heterocycles. The molecule has 0 amide bonds. The summed E-state index contributed by atoms with van der Waals surface area (Å²) >= 11 is 0. The minimum absolute atomic E-state index is 0.175. The molecule has 0 aromatic carbocycles. The Morgan fingerprint density at radius 2 is 2.47 bits per heavy atom. The summed E-state index contributed by atoms with van der Waals surface area (Å²) in [6.45, 7) is 2.01. The van der Waals surface area contributed by atoms with Crippen LogP contribution < -0.4 is 0 Å². The lowest BCUT2D eigenvalue weighted by molar-refractivity contribution is -0.137. The molecule has 0 spiro atoms. The average molecular weight is 208 g/mol. The van der Waals surface area contributed by atoms with E-state index < -0.39 is 5.97 Å². The molecule has 1 aromatic rings. The van der Waals surface area contributed by atoms with Crippen molar-refractivity contribution in [2.75, 3.05) is 0 Å². The first-order valence-corrected chi connectivity index (χ1v) is 5.43. The zero-order valence-electron chi connectivity index (χ0n) is 8.89. The maximum absolute atomic E-state index is 10.4. The van der Waals surface area contributed by atoms with E-state index in [1.54, 1.807) is 0 Å². The molecule has 0 radical (unpaired) electrons. The summed E-state index contributed by atoms with van der Waals surface area (Å²) in [6.07, 6.45) is 5.31. The van der Waals surface area contributed by atoms with Crippen molar-refractivity contribution in [3.8, 4) is 0 Å². The highest BCUT2D eigenvalue weighted by molar-refractivity contribution is 5.66. The Kier molecular flexibility index (Phi) is 2.75. The average Bonchev–Trinajstić information content (AvgIpc) is 2.93. The van der Waals surface area contributed by atoms with Gasteiger partial charge in [-0.3, -0.25) is 9.48 Å². The van der Waals surface area contributed by atoms with Crippen LogP contribution in [0.2, 0.25) is 0 Å². The predicted octanol–water partition coefficient (Wildman–Crippen LogP) is 2.19. The maximum atomic E-state index is 10.4. The Bertz CT molecular complexity index is 355. The Hall–Kier alpha value is -1.32. The molecule has 1 heterocycles.